The first-order valence-electron chi connectivity index (χ1n) is 22.2. The molecular weight excluding hydrogens is 1560 g/mol. The van der Waals surface area contributed by atoms with Crippen LogP contribution in [0, 0.1) is 3.57 Å². The van der Waals surface area contributed by atoms with E-state index in [4.69, 9.17) is 43.4 Å². The molecule has 0 bridgehead atoms. The smallest absolute Gasteiger partial charge is 0.507 e. The average molecular weight is 1610 g/mol. The summed E-state index contributed by atoms with van der Waals surface area (Å²) in [6, 6.07) is 52.0. The monoisotopic (exact) mass is 1610 g/mol. The SMILES string of the molecule is C.C.CC(=O)O.CSc1c(O)cc(Br)cc1-c1ccccc1.CSc1c(O)cc(Br)cc1-c1ccccc1.CSc1c(O)cc(Br)cc1I.O=S(=O)(O)C(F)(F)F.OB(O)c1ccccc1.OO.Oc1cc(Br)cc2c1sc1ccccc12. The van der Waals surface area contributed by atoms with Gasteiger partial charge >= 0.3 is 22.7 Å². The molecule has 10 N–H and O–H groups in total. The van der Waals surface area contributed by atoms with Crippen molar-refractivity contribution in [2.24, 2.45) is 0 Å². The Morgan fingerprint density at radius 3 is 1.23 bits per heavy atom. The lowest BCUT2D eigenvalue weighted by molar-refractivity contribution is -0.176. The van der Waals surface area contributed by atoms with Crippen molar-refractivity contribution in [3.63, 3.8) is 0 Å². The molecule has 0 unspecified atom stereocenters. The molecule has 0 aliphatic rings. The second-order valence-electron chi connectivity index (χ2n) is 15.3. The van der Waals surface area contributed by atoms with E-state index < -0.39 is 28.7 Å². The van der Waals surface area contributed by atoms with Crippen LogP contribution in [-0.2, 0) is 14.9 Å². The van der Waals surface area contributed by atoms with Crippen LogP contribution in [0.15, 0.2) is 196 Å². The number of carboxylic acid groups (broad SMARTS) is 1. The molecule has 1 aromatic heterocycles. The van der Waals surface area contributed by atoms with Crippen molar-refractivity contribution < 1.29 is 77.0 Å². The van der Waals surface area contributed by atoms with E-state index in [9.17, 15) is 33.6 Å². The van der Waals surface area contributed by atoms with Crippen LogP contribution in [0.4, 0.5) is 13.2 Å². The topological polar surface area (TPSA) is 254 Å². The minimum atomic E-state index is -5.84. The predicted molar refractivity (Wildman–Crippen MR) is 361 cm³/mol. The number of thioether (sulfide) groups is 3. The largest absolute Gasteiger partial charge is 0.522 e. The van der Waals surface area contributed by atoms with Crippen molar-refractivity contribution in [2.45, 2.75) is 42.0 Å². The van der Waals surface area contributed by atoms with Gasteiger partial charge in [-0.1, -0.05) is 188 Å². The molecule has 0 spiro atoms. The van der Waals surface area contributed by atoms with E-state index in [1.54, 1.807) is 95.2 Å². The number of thiophene rings is 1. The third-order valence-corrected chi connectivity index (χ3v) is 17.0. The molecule has 0 aliphatic carbocycles. The zero-order valence-electron chi connectivity index (χ0n) is 42.4. The van der Waals surface area contributed by atoms with Crippen molar-refractivity contribution in [2.75, 3.05) is 18.8 Å². The summed E-state index contributed by atoms with van der Waals surface area (Å²) in [4.78, 5) is 11.8. The van der Waals surface area contributed by atoms with Gasteiger partial charge in [0, 0.05) is 55.0 Å². The van der Waals surface area contributed by atoms with Gasteiger partial charge in [-0.25, -0.2) is 0 Å². The third kappa shape index (κ3) is 26.6. The molecule has 13 nitrogen and oxygen atoms in total. The Bertz CT molecular complexity index is 3410. The summed E-state index contributed by atoms with van der Waals surface area (Å²) >= 11 is 22.0. The fourth-order valence-electron chi connectivity index (χ4n) is 6.40. The number of alkyl halides is 3. The van der Waals surface area contributed by atoms with Crippen LogP contribution in [0.25, 0.3) is 42.4 Å². The Kier molecular flexibility index (Phi) is 37.7. The number of rotatable bonds is 6. The number of fused-ring (bicyclic) bond motifs is 3. The van der Waals surface area contributed by atoms with E-state index >= 15 is 0 Å². The molecule has 8 aromatic carbocycles. The number of benzene rings is 8. The molecule has 9 rings (SSSR count). The van der Waals surface area contributed by atoms with E-state index in [0.717, 1.165) is 75.4 Å². The lowest BCUT2D eigenvalue weighted by Crippen LogP contribution is -2.29. The lowest BCUT2D eigenvalue weighted by Gasteiger charge is -2.10. The van der Waals surface area contributed by atoms with Crippen molar-refractivity contribution in [3.05, 3.63) is 185 Å². The van der Waals surface area contributed by atoms with E-state index in [-0.39, 0.29) is 14.9 Å². The average Bonchev–Trinajstić information content (AvgIpc) is 3.91. The van der Waals surface area contributed by atoms with Gasteiger partial charge in [0.2, 0.25) is 0 Å². The second kappa shape index (κ2) is 39.6. The lowest BCUT2D eigenvalue weighted by atomic mass is 9.81. The molecule has 0 aliphatic heterocycles. The zero-order valence-corrected chi connectivity index (χ0v) is 55.0. The number of phenolic OH excluding ortho intramolecular Hbond substituents is 4. The number of hydrogen-bond acceptors (Lipinski definition) is 15. The van der Waals surface area contributed by atoms with Gasteiger partial charge in [0.1, 0.15) is 23.0 Å². The molecule has 27 heteroatoms. The summed E-state index contributed by atoms with van der Waals surface area (Å²) in [5.74, 6) is 0.498. The minimum absolute atomic E-state index is 0. The number of aromatic hydroxyl groups is 4. The van der Waals surface area contributed by atoms with Gasteiger partial charge in [-0.2, -0.15) is 21.6 Å². The standard InChI is InChI=1S/2C13H11BrOS.C12H7BrOS.C7H6BrIOS.C6H7BO2.C2H4O2.CHF3O3S.2CH4.H2O2/c2*1-16-13-11(7-10(14)8-12(13)15)9-5-3-2-4-6-9;13-7-5-9-8-3-1-2-4-11(8)15-12(9)10(14)6-7;1-11-7-5(9)2-4(8)3-6(7)10;8-7(9)6-4-2-1-3-5-6;1-2(3)4;2-1(3,4)8(5,6)7;;;1-2/h2*2-8,15H,1H3;1-6,14H;2-3,10H,1H3;1-5,8-9H;1H3,(H,3,4);(H,5,6,7);2*1H4;1-2H. The van der Waals surface area contributed by atoms with Crippen molar-refractivity contribution in [1.82, 2.24) is 0 Å². The molecule has 448 valence electrons. The normalized spacial score (nSPS) is 10.1. The maximum absolute atomic E-state index is 10.7. The van der Waals surface area contributed by atoms with Crippen LogP contribution in [0.5, 0.6) is 23.0 Å². The first-order chi connectivity index (χ1) is 38.1. The molecule has 83 heavy (non-hydrogen) atoms. The van der Waals surface area contributed by atoms with Crippen molar-refractivity contribution in [1.29, 1.82) is 0 Å². The van der Waals surface area contributed by atoms with Crippen LogP contribution in [0.3, 0.4) is 0 Å². The van der Waals surface area contributed by atoms with E-state index in [2.05, 4.69) is 98.4 Å². The summed E-state index contributed by atoms with van der Waals surface area (Å²) in [5.41, 5.74) is -0.670. The minimum Gasteiger partial charge on any atom is -0.507 e. The molecular formula is C56H57BBr4F3IO13S5. The number of phenols is 4. The highest BCUT2D eigenvalue weighted by molar-refractivity contribution is 14.1. The Labute approximate surface area is 544 Å². The molecule has 1 heterocycles. The zero-order chi connectivity index (χ0) is 61.2. The number of aliphatic carboxylic acids is 1. The van der Waals surface area contributed by atoms with Crippen LogP contribution in [0.1, 0.15) is 21.8 Å². The summed E-state index contributed by atoms with van der Waals surface area (Å²) in [5, 5.41) is 77.9. The second-order valence-corrected chi connectivity index (χ2v) is 25.0. The number of carboxylic acids is 1. The van der Waals surface area contributed by atoms with E-state index in [1.165, 1.54) is 10.1 Å². The molecule has 0 saturated carbocycles. The van der Waals surface area contributed by atoms with Crippen molar-refractivity contribution in [3.8, 4) is 45.3 Å². The number of halogens is 8. The first kappa shape index (κ1) is 79.0. The van der Waals surface area contributed by atoms with Gasteiger partial charge in [-0.05, 0) is 113 Å². The van der Waals surface area contributed by atoms with Gasteiger partial charge in [0.05, 0.1) is 19.4 Å². The predicted octanol–water partition coefficient (Wildman–Crippen LogP) is 18.2. The molecule has 0 amide bonds. The van der Waals surface area contributed by atoms with Gasteiger partial charge < -0.3 is 35.6 Å². The molecule has 0 fully saturated rings. The third-order valence-electron chi connectivity index (χ3n) is 9.65. The van der Waals surface area contributed by atoms with Gasteiger partial charge in [0.25, 0.3) is 5.97 Å². The maximum atomic E-state index is 10.7. The Morgan fingerprint density at radius 1 is 0.554 bits per heavy atom. The van der Waals surface area contributed by atoms with Gasteiger partial charge in [0.15, 0.2) is 0 Å². The Balaban J connectivity index is 0.000000964. The molecule has 9 aromatic rings. The quantitative estimate of drug-likeness (QED) is 0.0141. The Hall–Kier alpha value is -4.05. The van der Waals surface area contributed by atoms with E-state index in [0.29, 0.717) is 28.5 Å². The summed E-state index contributed by atoms with van der Waals surface area (Å²) in [7, 11) is -7.18. The summed E-state index contributed by atoms with van der Waals surface area (Å²) < 4.78 is 64.4. The number of hydrogen-bond donors (Lipinski definition) is 10. The van der Waals surface area contributed by atoms with Crippen LogP contribution in [0.2, 0.25) is 0 Å². The fourth-order valence-corrected chi connectivity index (χ4v) is 12.8. The molecule has 0 saturated heterocycles. The van der Waals surface area contributed by atoms with Crippen LogP contribution < -0.4 is 5.46 Å². The number of carbonyl (C=O) groups is 1. The van der Waals surface area contributed by atoms with Gasteiger partial charge in [-0.3, -0.25) is 19.9 Å². The fraction of sp³-hybridized carbons (Fsp3) is 0.125. The summed E-state index contributed by atoms with van der Waals surface area (Å²) in [6.07, 6.45) is 5.88. The highest BCUT2D eigenvalue weighted by Gasteiger charge is 2.44. The molecule has 0 radical (unpaired) electrons. The highest BCUT2D eigenvalue weighted by Crippen LogP contribution is 2.42. The first-order valence-corrected chi connectivity index (χ1v) is 32.4. The summed E-state index contributed by atoms with van der Waals surface area (Å²) in [6.45, 7) is 1.08. The van der Waals surface area contributed by atoms with Gasteiger partial charge in [-0.15, -0.1) is 46.6 Å². The van der Waals surface area contributed by atoms with Crippen molar-refractivity contribution >= 4 is 182 Å². The molecule has 0 atom stereocenters. The maximum Gasteiger partial charge on any atom is 0.522 e. The van der Waals surface area contributed by atoms with Crippen LogP contribution >= 0.6 is 133 Å². The van der Waals surface area contributed by atoms with Crippen LogP contribution in [-0.4, -0.2) is 96.4 Å². The highest BCUT2D eigenvalue weighted by atomic mass is 127. The van der Waals surface area contributed by atoms with E-state index in [1.807, 2.05) is 122 Å². The Morgan fingerprint density at radius 2 is 0.880 bits per heavy atom.